The Kier molecular flexibility index (Phi) is 6.79. The lowest BCUT2D eigenvalue weighted by molar-refractivity contribution is 0.0954. The molecule has 0 spiro atoms. The highest BCUT2D eigenvalue weighted by Gasteiger charge is 2.08. The first kappa shape index (κ1) is 20.0. The summed E-state index contributed by atoms with van der Waals surface area (Å²) >= 11 is 9.39. The third-order valence-corrected chi connectivity index (χ3v) is 4.69. The first-order chi connectivity index (χ1) is 13.5. The smallest absolute Gasteiger partial charge is 0.272 e. The van der Waals surface area contributed by atoms with Gasteiger partial charge in [0.1, 0.15) is 18.2 Å². The second-order valence-electron chi connectivity index (χ2n) is 5.78. The minimum absolute atomic E-state index is 0.256. The summed E-state index contributed by atoms with van der Waals surface area (Å²) in [5.41, 5.74) is 4.37. The molecule has 142 valence electrons. The third kappa shape index (κ3) is 5.41. The fraction of sp³-hybridized carbons (Fsp3) is 0.0476. The largest absolute Gasteiger partial charge is 0.488 e. The van der Waals surface area contributed by atoms with Crippen LogP contribution in [0.2, 0.25) is 5.02 Å². The van der Waals surface area contributed by atoms with E-state index in [0.717, 1.165) is 5.56 Å². The van der Waals surface area contributed by atoms with Gasteiger partial charge in [-0.15, -0.1) is 0 Å². The highest BCUT2D eigenvalue weighted by atomic mass is 79.9. The number of rotatable bonds is 6. The molecule has 0 aliphatic rings. The molecule has 0 aliphatic carbocycles. The van der Waals surface area contributed by atoms with E-state index in [1.54, 1.807) is 48.5 Å². The summed E-state index contributed by atoms with van der Waals surface area (Å²) in [7, 11) is 0. The summed E-state index contributed by atoms with van der Waals surface area (Å²) in [4.78, 5) is 12.2. The van der Waals surface area contributed by atoms with Gasteiger partial charge in [0.2, 0.25) is 0 Å². The standard InChI is InChI=1S/C21H15BrClFN2O2/c22-19-4-2-1-3-18(19)21(27)26-25-12-15-11-16(23)7-10-20(15)28-13-14-5-8-17(24)9-6-14/h1-12H,13H2,(H,26,27)/b25-12-. The summed E-state index contributed by atoms with van der Waals surface area (Å²) in [6.45, 7) is 0.256. The zero-order valence-corrected chi connectivity index (χ0v) is 16.9. The van der Waals surface area contributed by atoms with Crippen LogP contribution in [0.3, 0.4) is 0 Å². The summed E-state index contributed by atoms with van der Waals surface area (Å²) in [6.07, 6.45) is 1.46. The van der Waals surface area contributed by atoms with Gasteiger partial charge in [-0.3, -0.25) is 4.79 Å². The monoisotopic (exact) mass is 460 g/mol. The molecule has 3 aromatic rings. The number of amides is 1. The minimum atomic E-state index is -0.348. The van der Waals surface area contributed by atoms with Gasteiger partial charge >= 0.3 is 0 Å². The molecular weight excluding hydrogens is 447 g/mol. The van der Waals surface area contributed by atoms with Gasteiger partial charge in [-0.2, -0.15) is 5.10 Å². The number of halogens is 3. The van der Waals surface area contributed by atoms with Crippen LogP contribution in [0.1, 0.15) is 21.5 Å². The second-order valence-corrected chi connectivity index (χ2v) is 7.07. The van der Waals surface area contributed by atoms with Gasteiger partial charge in [-0.05, 0) is 64.0 Å². The molecule has 4 nitrogen and oxygen atoms in total. The van der Waals surface area contributed by atoms with E-state index in [1.807, 2.05) is 6.07 Å². The molecule has 0 fully saturated rings. The van der Waals surface area contributed by atoms with E-state index in [9.17, 15) is 9.18 Å². The van der Waals surface area contributed by atoms with E-state index in [4.69, 9.17) is 16.3 Å². The van der Waals surface area contributed by atoms with E-state index < -0.39 is 0 Å². The third-order valence-electron chi connectivity index (χ3n) is 3.77. The Morgan fingerprint density at radius 1 is 1.14 bits per heavy atom. The zero-order valence-electron chi connectivity index (χ0n) is 14.5. The Morgan fingerprint density at radius 3 is 2.64 bits per heavy atom. The predicted molar refractivity (Wildman–Crippen MR) is 111 cm³/mol. The van der Waals surface area contributed by atoms with Gasteiger partial charge in [0.15, 0.2) is 0 Å². The molecule has 0 aliphatic heterocycles. The molecular formula is C21H15BrClFN2O2. The van der Waals surface area contributed by atoms with Crippen LogP contribution in [0.25, 0.3) is 0 Å². The van der Waals surface area contributed by atoms with E-state index in [1.165, 1.54) is 18.3 Å². The molecule has 0 bridgehead atoms. The van der Waals surface area contributed by atoms with Crippen LogP contribution < -0.4 is 10.2 Å². The normalized spacial score (nSPS) is 10.8. The Labute approximate surface area is 175 Å². The van der Waals surface area contributed by atoms with Gasteiger partial charge in [0.05, 0.1) is 11.8 Å². The predicted octanol–water partition coefficient (Wildman–Crippen LogP) is 5.58. The van der Waals surface area contributed by atoms with Crippen molar-refractivity contribution in [3.05, 3.63) is 98.7 Å². The van der Waals surface area contributed by atoms with Crippen molar-refractivity contribution < 1.29 is 13.9 Å². The van der Waals surface area contributed by atoms with Crippen molar-refractivity contribution in [1.82, 2.24) is 5.43 Å². The second kappa shape index (κ2) is 9.48. The number of hydrogen-bond donors (Lipinski definition) is 1. The number of carbonyl (C=O) groups excluding carboxylic acids is 1. The van der Waals surface area contributed by atoms with Crippen molar-refractivity contribution in [3.63, 3.8) is 0 Å². The topological polar surface area (TPSA) is 50.7 Å². The van der Waals surface area contributed by atoms with Gasteiger partial charge in [0.25, 0.3) is 5.91 Å². The molecule has 0 saturated heterocycles. The number of carbonyl (C=O) groups is 1. The number of nitrogens with one attached hydrogen (secondary N) is 1. The molecule has 28 heavy (non-hydrogen) atoms. The van der Waals surface area contributed by atoms with E-state index in [0.29, 0.717) is 26.4 Å². The lowest BCUT2D eigenvalue weighted by atomic mass is 10.2. The maximum absolute atomic E-state index is 13.0. The Morgan fingerprint density at radius 2 is 1.89 bits per heavy atom. The van der Waals surface area contributed by atoms with E-state index >= 15 is 0 Å². The molecule has 0 atom stereocenters. The van der Waals surface area contributed by atoms with Crippen molar-refractivity contribution in [1.29, 1.82) is 0 Å². The minimum Gasteiger partial charge on any atom is -0.488 e. The Hall–Kier alpha value is -2.70. The summed E-state index contributed by atoms with van der Waals surface area (Å²) in [6, 6.07) is 18.2. The van der Waals surface area contributed by atoms with Crippen LogP contribution in [0.5, 0.6) is 5.75 Å². The maximum atomic E-state index is 13.0. The van der Waals surface area contributed by atoms with Gasteiger partial charge in [-0.1, -0.05) is 35.9 Å². The first-order valence-electron chi connectivity index (χ1n) is 8.27. The molecule has 1 N–H and O–H groups in total. The zero-order chi connectivity index (χ0) is 19.9. The van der Waals surface area contributed by atoms with Crippen LogP contribution in [0, 0.1) is 5.82 Å². The molecule has 0 aromatic heterocycles. The fourth-order valence-corrected chi connectivity index (χ4v) is 3.00. The molecule has 0 saturated carbocycles. The Balaban J connectivity index is 1.69. The summed E-state index contributed by atoms with van der Waals surface area (Å²) in [5, 5.41) is 4.50. The van der Waals surface area contributed by atoms with Crippen LogP contribution in [-0.2, 0) is 6.61 Å². The fourth-order valence-electron chi connectivity index (χ4n) is 2.36. The lowest BCUT2D eigenvalue weighted by Crippen LogP contribution is -2.18. The van der Waals surface area contributed by atoms with E-state index in [2.05, 4.69) is 26.5 Å². The summed E-state index contributed by atoms with van der Waals surface area (Å²) < 4.78 is 19.5. The van der Waals surface area contributed by atoms with Crippen molar-refractivity contribution in [2.24, 2.45) is 5.10 Å². The lowest BCUT2D eigenvalue weighted by Gasteiger charge is -2.10. The van der Waals surface area contributed by atoms with Crippen molar-refractivity contribution >= 4 is 39.7 Å². The summed E-state index contributed by atoms with van der Waals surface area (Å²) in [5.74, 6) is -0.115. The molecule has 7 heteroatoms. The number of nitrogens with zero attached hydrogens (tertiary/aromatic N) is 1. The number of benzene rings is 3. The molecule has 0 radical (unpaired) electrons. The number of hydrazone groups is 1. The molecule has 1 amide bonds. The van der Waals surface area contributed by atoms with Crippen LogP contribution in [0.15, 0.2) is 76.3 Å². The van der Waals surface area contributed by atoms with Crippen LogP contribution in [0.4, 0.5) is 4.39 Å². The highest BCUT2D eigenvalue weighted by molar-refractivity contribution is 9.10. The molecule has 3 rings (SSSR count). The molecule has 0 heterocycles. The van der Waals surface area contributed by atoms with Gasteiger partial charge in [-0.25, -0.2) is 9.82 Å². The number of ether oxygens (including phenoxy) is 1. The number of hydrogen-bond acceptors (Lipinski definition) is 3. The quantitative estimate of drug-likeness (QED) is 0.385. The first-order valence-corrected chi connectivity index (χ1v) is 9.45. The van der Waals surface area contributed by atoms with Crippen molar-refractivity contribution in [3.8, 4) is 5.75 Å². The average Bonchev–Trinajstić information content (AvgIpc) is 2.69. The SMILES string of the molecule is O=C(N/N=C\c1cc(Cl)ccc1OCc1ccc(F)cc1)c1ccccc1Br. The molecule has 3 aromatic carbocycles. The van der Waals surface area contributed by atoms with Crippen molar-refractivity contribution in [2.45, 2.75) is 6.61 Å². The Bertz CT molecular complexity index is 1010. The highest BCUT2D eigenvalue weighted by Crippen LogP contribution is 2.22. The van der Waals surface area contributed by atoms with Gasteiger partial charge in [0, 0.05) is 15.1 Å². The van der Waals surface area contributed by atoms with Gasteiger partial charge < -0.3 is 4.74 Å². The average molecular weight is 462 g/mol. The molecule has 0 unspecified atom stereocenters. The van der Waals surface area contributed by atoms with E-state index in [-0.39, 0.29) is 18.3 Å². The van der Waals surface area contributed by atoms with Crippen molar-refractivity contribution in [2.75, 3.05) is 0 Å². The van der Waals surface area contributed by atoms with Crippen LogP contribution >= 0.6 is 27.5 Å². The van der Waals surface area contributed by atoms with Crippen LogP contribution in [-0.4, -0.2) is 12.1 Å². The maximum Gasteiger partial charge on any atom is 0.272 e.